The number of hydrogen-bond acceptors (Lipinski definition) is 11. The summed E-state index contributed by atoms with van der Waals surface area (Å²) >= 11 is 0. The van der Waals surface area contributed by atoms with Crippen LogP contribution in [0.4, 0.5) is 5.82 Å². The Bertz CT molecular complexity index is 1710. The van der Waals surface area contributed by atoms with Crippen molar-refractivity contribution in [3.8, 4) is 0 Å². The average Bonchev–Trinajstić information content (AvgIpc) is 3.89. The number of aryl methyl sites for hydroxylation is 1. The molecule has 7 rings (SSSR count). The highest BCUT2D eigenvalue weighted by Gasteiger charge is 2.68. The second kappa shape index (κ2) is 14.7. The van der Waals surface area contributed by atoms with Gasteiger partial charge in [-0.25, -0.2) is 15.0 Å². The van der Waals surface area contributed by atoms with Crippen molar-refractivity contribution in [1.29, 1.82) is 0 Å². The third-order valence-corrected chi connectivity index (χ3v) is 14.7. The van der Waals surface area contributed by atoms with Crippen molar-refractivity contribution in [2.45, 2.75) is 91.4 Å². The minimum absolute atomic E-state index is 0.0627. The van der Waals surface area contributed by atoms with E-state index in [1.165, 1.54) is 0 Å². The molecular formula is C40H60N8O5. The van der Waals surface area contributed by atoms with Crippen molar-refractivity contribution in [2.24, 2.45) is 39.9 Å². The molecule has 13 heteroatoms. The lowest BCUT2D eigenvalue weighted by Gasteiger charge is -2.61. The number of anilines is 1. The summed E-state index contributed by atoms with van der Waals surface area (Å²) in [6, 6.07) is 0. The molecule has 2 aliphatic heterocycles. The summed E-state index contributed by atoms with van der Waals surface area (Å²) in [4.78, 5) is 60.8. The summed E-state index contributed by atoms with van der Waals surface area (Å²) in [5.74, 6) is 1.29. The van der Waals surface area contributed by atoms with Gasteiger partial charge in [-0.15, -0.1) is 6.58 Å². The number of nitrogens with zero attached hydrogens (tertiary/aromatic N) is 7. The molecule has 2 bridgehead atoms. The number of amides is 1. The molecule has 1 amide bonds. The number of aromatic nitrogens is 4. The van der Waals surface area contributed by atoms with Crippen LogP contribution in [0.3, 0.4) is 0 Å². The van der Waals surface area contributed by atoms with Crippen molar-refractivity contribution >= 4 is 34.6 Å². The molecule has 5 aliphatic rings. The highest BCUT2D eigenvalue weighted by Crippen LogP contribution is 2.68. The van der Waals surface area contributed by atoms with Crippen LogP contribution in [-0.2, 0) is 25.7 Å². The van der Waals surface area contributed by atoms with Gasteiger partial charge in [0.05, 0.1) is 19.0 Å². The van der Waals surface area contributed by atoms with E-state index in [1.54, 1.807) is 12.7 Å². The zero-order valence-corrected chi connectivity index (χ0v) is 32.4. The van der Waals surface area contributed by atoms with Crippen molar-refractivity contribution < 1.29 is 24.2 Å². The fourth-order valence-electron chi connectivity index (χ4n) is 11.2. The van der Waals surface area contributed by atoms with Gasteiger partial charge in [-0.1, -0.05) is 33.8 Å². The molecule has 0 aromatic carbocycles. The van der Waals surface area contributed by atoms with Gasteiger partial charge in [0.2, 0.25) is 5.91 Å². The number of carbonyl (C=O) groups excluding carboxylic acids is 3. The maximum absolute atomic E-state index is 13.8. The molecule has 5 fully saturated rings. The van der Waals surface area contributed by atoms with Crippen LogP contribution in [-0.4, -0.2) is 124 Å². The van der Waals surface area contributed by atoms with E-state index in [0.717, 1.165) is 62.3 Å². The largest absolute Gasteiger partial charge is 0.461 e. The minimum Gasteiger partial charge on any atom is -0.461 e. The molecule has 290 valence electrons. The first-order valence-corrected chi connectivity index (χ1v) is 19.9. The molecule has 1 unspecified atom stereocenters. The van der Waals surface area contributed by atoms with Crippen molar-refractivity contribution in [3.63, 3.8) is 0 Å². The van der Waals surface area contributed by atoms with Crippen molar-refractivity contribution in [2.75, 3.05) is 64.3 Å². The Morgan fingerprint density at radius 3 is 2.60 bits per heavy atom. The summed E-state index contributed by atoms with van der Waals surface area (Å²) < 4.78 is 8.41. The van der Waals surface area contributed by atoms with Gasteiger partial charge < -0.3 is 29.5 Å². The number of esters is 1. The van der Waals surface area contributed by atoms with Crippen LogP contribution in [0.15, 0.2) is 25.3 Å². The van der Waals surface area contributed by atoms with Gasteiger partial charge in [0.1, 0.15) is 18.2 Å². The quantitative estimate of drug-likeness (QED) is 0.274. The molecule has 3 aliphatic carbocycles. The fourth-order valence-corrected chi connectivity index (χ4v) is 11.2. The standard InChI is InChI=1S/C40H60N8O5/c1-7-38(4)20-30(39(5)26(2)8-12-40(27(3)35(38)52)13-9-29(49)34(39)40)53-32(51)23-45-16-18-46(19-17-45)31(50)11-15-48-25-44-33-36(42-24-43-37(33)48)47-14-10-28(22-47)21-41-6/h7,24-28,30,34-35,41,52H,1,8-23H2,2-6H3/t26-,27+,28?,30-,34-,35+,38-,39+,40+/m1/s1. The normalized spacial score (nSPS) is 36.3. The van der Waals surface area contributed by atoms with E-state index in [9.17, 15) is 19.5 Å². The van der Waals surface area contributed by atoms with E-state index in [0.29, 0.717) is 57.9 Å². The second-order valence-corrected chi connectivity index (χ2v) is 17.4. The zero-order valence-electron chi connectivity index (χ0n) is 32.4. The molecule has 0 spiro atoms. The highest BCUT2D eigenvalue weighted by molar-refractivity contribution is 5.86. The molecule has 2 saturated heterocycles. The number of imidazole rings is 1. The lowest BCUT2D eigenvalue weighted by molar-refractivity contribution is -0.207. The molecule has 2 N–H and O–H groups in total. The van der Waals surface area contributed by atoms with Gasteiger partial charge in [0, 0.05) is 75.4 Å². The summed E-state index contributed by atoms with van der Waals surface area (Å²) in [6.07, 6.45) is 8.95. The number of nitrogens with one attached hydrogen (secondary N) is 1. The number of Topliss-reactive ketones (excluding diaryl/α,β-unsaturated/α-hetero) is 1. The number of piperazine rings is 1. The van der Waals surface area contributed by atoms with E-state index in [1.807, 2.05) is 29.5 Å². The average molecular weight is 733 g/mol. The number of ether oxygens (including phenoxy) is 1. The molecular weight excluding hydrogens is 672 g/mol. The Morgan fingerprint density at radius 2 is 1.87 bits per heavy atom. The van der Waals surface area contributed by atoms with Crippen LogP contribution >= 0.6 is 0 Å². The van der Waals surface area contributed by atoms with Crippen LogP contribution in [0.5, 0.6) is 0 Å². The Morgan fingerprint density at radius 1 is 1.09 bits per heavy atom. The minimum atomic E-state index is -0.692. The topological polar surface area (TPSA) is 146 Å². The number of rotatable bonds is 10. The number of carbonyl (C=O) groups is 3. The lowest BCUT2D eigenvalue weighted by atomic mass is 9.44. The van der Waals surface area contributed by atoms with Crippen LogP contribution in [0.1, 0.15) is 72.6 Å². The third-order valence-electron chi connectivity index (χ3n) is 14.7. The first-order valence-electron chi connectivity index (χ1n) is 19.9. The summed E-state index contributed by atoms with van der Waals surface area (Å²) in [5.41, 5.74) is 0.000233. The molecule has 3 saturated carbocycles. The third kappa shape index (κ3) is 6.58. The van der Waals surface area contributed by atoms with E-state index in [4.69, 9.17) is 4.74 Å². The molecule has 53 heavy (non-hydrogen) atoms. The number of aliphatic hydroxyl groups excluding tert-OH is 1. The van der Waals surface area contributed by atoms with E-state index in [-0.39, 0.29) is 47.4 Å². The Kier molecular flexibility index (Phi) is 10.5. The van der Waals surface area contributed by atoms with Crippen molar-refractivity contribution in [1.82, 2.24) is 34.6 Å². The van der Waals surface area contributed by atoms with Gasteiger partial charge in [-0.3, -0.25) is 19.3 Å². The monoisotopic (exact) mass is 732 g/mol. The van der Waals surface area contributed by atoms with Gasteiger partial charge >= 0.3 is 5.97 Å². The van der Waals surface area contributed by atoms with E-state index < -0.39 is 23.0 Å². The molecule has 4 heterocycles. The second-order valence-electron chi connectivity index (χ2n) is 17.4. The molecule has 9 atom stereocenters. The first kappa shape index (κ1) is 37.9. The SMILES string of the molecule is C=C[C@]1(C)C[C@@H](OC(=O)CN2CCN(C(=O)CCn3cnc4c(N5CCC(CNC)C5)ncnc43)CC2)[C@]2(C)[C@H](C)CC[C@]3(CCC(=O)[C@@H]32)[C@@H](C)[C@@H]1O. The zero-order chi connectivity index (χ0) is 37.7. The summed E-state index contributed by atoms with van der Waals surface area (Å²) in [5, 5.41) is 15.1. The molecule has 0 radical (unpaired) electrons. The Labute approximate surface area is 313 Å². The predicted octanol–water partition coefficient (Wildman–Crippen LogP) is 3.31. The van der Waals surface area contributed by atoms with Crippen LogP contribution in [0.2, 0.25) is 0 Å². The predicted molar refractivity (Wildman–Crippen MR) is 202 cm³/mol. The Balaban J connectivity index is 0.956. The number of aliphatic hydroxyl groups is 1. The Hall–Kier alpha value is -3.42. The number of fused-ring (bicyclic) bond motifs is 1. The van der Waals surface area contributed by atoms with Crippen LogP contribution < -0.4 is 10.2 Å². The summed E-state index contributed by atoms with van der Waals surface area (Å²) in [6.45, 7) is 18.3. The molecule has 2 aromatic heterocycles. The maximum Gasteiger partial charge on any atom is 0.320 e. The van der Waals surface area contributed by atoms with Gasteiger partial charge in [-0.2, -0.15) is 0 Å². The fraction of sp³-hybridized carbons (Fsp3) is 0.750. The number of hydrogen-bond donors (Lipinski definition) is 2. The number of ketones is 1. The van der Waals surface area contributed by atoms with Crippen LogP contribution in [0, 0.1) is 39.9 Å². The van der Waals surface area contributed by atoms with Gasteiger partial charge in [0.25, 0.3) is 0 Å². The highest BCUT2D eigenvalue weighted by atomic mass is 16.5. The van der Waals surface area contributed by atoms with E-state index in [2.05, 4.69) is 57.4 Å². The van der Waals surface area contributed by atoms with Crippen molar-refractivity contribution in [3.05, 3.63) is 25.3 Å². The van der Waals surface area contributed by atoms with Crippen LogP contribution in [0.25, 0.3) is 11.2 Å². The first-order chi connectivity index (χ1) is 25.3. The maximum atomic E-state index is 13.8. The van der Waals surface area contributed by atoms with Gasteiger partial charge in [-0.05, 0) is 68.9 Å². The van der Waals surface area contributed by atoms with Gasteiger partial charge in [0.15, 0.2) is 17.0 Å². The summed E-state index contributed by atoms with van der Waals surface area (Å²) in [7, 11) is 1.98. The lowest BCUT2D eigenvalue weighted by Crippen LogP contribution is -2.63. The smallest absolute Gasteiger partial charge is 0.320 e. The van der Waals surface area contributed by atoms with E-state index >= 15 is 0 Å². The molecule has 2 aromatic rings. The molecule has 13 nitrogen and oxygen atoms in total.